The Morgan fingerprint density at radius 3 is 2.50 bits per heavy atom. The number of sulfonamides is 1. The van der Waals surface area contributed by atoms with Crippen molar-refractivity contribution in [3.8, 4) is 12.3 Å². The number of thiophene rings is 1. The van der Waals surface area contributed by atoms with E-state index in [0.29, 0.717) is 10.0 Å². The minimum absolute atomic E-state index is 0.113. The highest BCUT2D eigenvalue weighted by Crippen LogP contribution is 2.26. The maximum atomic E-state index is 12.2. The summed E-state index contributed by atoms with van der Waals surface area (Å²) in [6.45, 7) is 0.113. The van der Waals surface area contributed by atoms with Crippen LogP contribution in [0.1, 0.15) is 0 Å². The first-order chi connectivity index (χ1) is 9.53. The van der Waals surface area contributed by atoms with Crippen molar-refractivity contribution in [3.05, 3.63) is 46.8 Å². The number of para-hydroxylation sites is 1. The SMILES string of the molecule is C#CCN(NS(=O)(=O)c1ccc(Cl)s1)c1ccccc1. The van der Waals surface area contributed by atoms with Crippen LogP contribution in [0.2, 0.25) is 4.34 Å². The summed E-state index contributed by atoms with van der Waals surface area (Å²) in [6, 6.07) is 12.0. The highest BCUT2D eigenvalue weighted by atomic mass is 35.5. The van der Waals surface area contributed by atoms with Gasteiger partial charge in [0.05, 0.1) is 16.6 Å². The Labute approximate surface area is 127 Å². The second kappa shape index (κ2) is 6.29. The third-order valence-electron chi connectivity index (χ3n) is 2.36. The van der Waals surface area contributed by atoms with Gasteiger partial charge in [-0.2, -0.15) is 0 Å². The zero-order valence-corrected chi connectivity index (χ0v) is 12.7. The van der Waals surface area contributed by atoms with Gasteiger partial charge in [-0.3, -0.25) is 5.01 Å². The summed E-state index contributed by atoms with van der Waals surface area (Å²) >= 11 is 6.75. The van der Waals surface area contributed by atoms with Crippen molar-refractivity contribution < 1.29 is 8.42 Å². The number of halogens is 1. The van der Waals surface area contributed by atoms with Crippen LogP contribution >= 0.6 is 22.9 Å². The molecule has 0 aliphatic heterocycles. The van der Waals surface area contributed by atoms with E-state index in [1.807, 2.05) is 6.07 Å². The van der Waals surface area contributed by atoms with Gasteiger partial charge in [0.25, 0.3) is 10.0 Å². The van der Waals surface area contributed by atoms with E-state index in [1.165, 1.54) is 17.1 Å². The zero-order valence-electron chi connectivity index (χ0n) is 10.3. The van der Waals surface area contributed by atoms with E-state index in [0.717, 1.165) is 11.3 Å². The molecule has 0 spiro atoms. The number of hydrogen-bond donors (Lipinski definition) is 1. The number of hydrogen-bond acceptors (Lipinski definition) is 4. The summed E-state index contributed by atoms with van der Waals surface area (Å²) in [5, 5.41) is 1.39. The van der Waals surface area contributed by atoms with Gasteiger partial charge in [-0.15, -0.1) is 22.6 Å². The average Bonchev–Trinajstić information content (AvgIpc) is 2.87. The molecule has 0 amide bonds. The number of nitrogens with zero attached hydrogens (tertiary/aromatic N) is 1. The summed E-state index contributed by atoms with van der Waals surface area (Å²) in [6.07, 6.45) is 5.28. The molecule has 1 N–H and O–H groups in total. The molecule has 0 radical (unpaired) electrons. The van der Waals surface area contributed by atoms with Crippen LogP contribution in [0.15, 0.2) is 46.7 Å². The van der Waals surface area contributed by atoms with Crippen LogP contribution in [0.25, 0.3) is 0 Å². The molecule has 4 nitrogen and oxygen atoms in total. The van der Waals surface area contributed by atoms with E-state index in [2.05, 4.69) is 10.8 Å². The van der Waals surface area contributed by atoms with Crippen molar-refractivity contribution in [1.82, 2.24) is 4.83 Å². The van der Waals surface area contributed by atoms with Crippen molar-refractivity contribution in [1.29, 1.82) is 0 Å². The van der Waals surface area contributed by atoms with Crippen LogP contribution in [-0.2, 0) is 10.0 Å². The van der Waals surface area contributed by atoms with Crippen LogP contribution in [0.4, 0.5) is 5.69 Å². The number of nitrogens with one attached hydrogen (secondary N) is 1. The van der Waals surface area contributed by atoms with E-state index < -0.39 is 10.0 Å². The van der Waals surface area contributed by atoms with Crippen molar-refractivity contribution >= 4 is 38.6 Å². The summed E-state index contributed by atoms with van der Waals surface area (Å²) in [5.74, 6) is 2.42. The molecule has 0 bridgehead atoms. The second-order valence-electron chi connectivity index (χ2n) is 3.78. The molecule has 2 aromatic rings. The van der Waals surface area contributed by atoms with Crippen LogP contribution in [0.3, 0.4) is 0 Å². The minimum atomic E-state index is -3.69. The Bertz CT molecular complexity index is 720. The van der Waals surface area contributed by atoms with E-state index in [4.69, 9.17) is 18.0 Å². The number of rotatable bonds is 5. The lowest BCUT2D eigenvalue weighted by Gasteiger charge is -2.22. The van der Waals surface area contributed by atoms with Gasteiger partial charge in [0, 0.05) is 0 Å². The Morgan fingerprint density at radius 2 is 1.95 bits per heavy atom. The van der Waals surface area contributed by atoms with Crippen LogP contribution < -0.4 is 9.84 Å². The van der Waals surface area contributed by atoms with Crippen LogP contribution in [0.5, 0.6) is 0 Å². The number of anilines is 1. The minimum Gasteiger partial charge on any atom is -0.283 e. The fourth-order valence-corrected chi connectivity index (χ4v) is 4.04. The summed E-state index contributed by atoms with van der Waals surface area (Å²) < 4.78 is 25.0. The topological polar surface area (TPSA) is 49.4 Å². The van der Waals surface area contributed by atoms with E-state index in [1.54, 1.807) is 24.3 Å². The molecule has 1 heterocycles. The molecule has 0 saturated carbocycles. The first-order valence-electron chi connectivity index (χ1n) is 5.57. The molecule has 1 aromatic heterocycles. The Hall–Kier alpha value is -1.52. The van der Waals surface area contributed by atoms with Gasteiger partial charge in [0.15, 0.2) is 0 Å². The van der Waals surface area contributed by atoms with Crippen LogP contribution in [0, 0.1) is 12.3 Å². The molecule has 20 heavy (non-hydrogen) atoms. The van der Waals surface area contributed by atoms with Gasteiger partial charge in [-0.05, 0) is 24.3 Å². The molecule has 0 unspecified atom stereocenters. The monoisotopic (exact) mass is 326 g/mol. The number of benzene rings is 1. The van der Waals surface area contributed by atoms with Gasteiger partial charge >= 0.3 is 0 Å². The largest absolute Gasteiger partial charge is 0.283 e. The predicted molar refractivity (Wildman–Crippen MR) is 82.3 cm³/mol. The van der Waals surface area contributed by atoms with Gasteiger partial charge < -0.3 is 0 Å². The fraction of sp³-hybridized carbons (Fsp3) is 0.0769. The van der Waals surface area contributed by atoms with E-state index in [9.17, 15) is 8.42 Å². The third kappa shape index (κ3) is 3.52. The smallest absolute Gasteiger partial charge is 0.267 e. The van der Waals surface area contributed by atoms with Gasteiger partial charge in [0.2, 0.25) is 0 Å². The first kappa shape index (κ1) is 14.9. The maximum Gasteiger partial charge on any atom is 0.267 e. The number of terminal acetylenes is 1. The summed E-state index contributed by atoms with van der Waals surface area (Å²) in [7, 11) is -3.69. The Balaban J connectivity index is 2.27. The van der Waals surface area contributed by atoms with Crippen molar-refractivity contribution in [2.24, 2.45) is 0 Å². The molecule has 0 fully saturated rings. The molecule has 0 aliphatic rings. The third-order valence-corrected chi connectivity index (χ3v) is 5.42. The lowest BCUT2D eigenvalue weighted by molar-refractivity contribution is 0.581. The molecular weight excluding hydrogens is 316 g/mol. The summed E-state index contributed by atoms with van der Waals surface area (Å²) in [4.78, 5) is 2.46. The van der Waals surface area contributed by atoms with Gasteiger partial charge in [-0.25, -0.2) is 8.42 Å². The maximum absolute atomic E-state index is 12.2. The molecule has 0 atom stereocenters. The zero-order chi connectivity index (χ0) is 14.6. The molecule has 1 aromatic carbocycles. The highest BCUT2D eigenvalue weighted by molar-refractivity contribution is 7.91. The molecule has 0 aliphatic carbocycles. The predicted octanol–water partition coefficient (Wildman–Crippen LogP) is 2.73. The lowest BCUT2D eigenvalue weighted by atomic mass is 10.3. The fourth-order valence-electron chi connectivity index (χ4n) is 1.51. The van der Waals surface area contributed by atoms with Crippen molar-refractivity contribution in [2.75, 3.05) is 11.6 Å². The standard InChI is InChI=1S/C13H11ClN2O2S2/c1-2-10-16(11-6-4-3-5-7-11)15-20(17,18)13-9-8-12(14)19-13/h1,3-9,15H,10H2. The first-order valence-corrected chi connectivity index (χ1v) is 8.24. The highest BCUT2D eigenvalue weighted by Gasteiger charge is 2.20. The summed E-state index contributed by atoms with van der Waals surface area (Å²) in [5.41, 5.74) is 0.664. The molecular formula is C13H11ClN2O2S2. The molecule has 2 rings (SSSR count). The average molecular weight is 327 g/mol. The normalized spacial score (nSPS) is 11.0. The second-order valence-corrected chi connectivity index (χ2v) is 7.38. The Kier molecular flexibility index (Phi) is 4.68. The van der Waals surface area contributed by atoms with Gasteiger partial charge in [0.1, 0.15) is 4.21 Å². The Morgan fingerprint density at radius 1 is 1.25 bits per heavy atom. The van der Waals surface area contributed by atoms with Crippen molar-refractivity contribution in [2.45, 2.75) is 4.21 Å². The molecule has 7 heteroatoms. The van der Waals surface area contributed by atoms with E-state index >= 15 is 0 Å². The lowest BCUT2D eigenvalue weighted by Crippen LogP contribution is -2.42. The van der Waals surface area contributed by atoms with Crippen LogP contribution in [-0.4, -0.2) is 15.0 Å². The quantitative estimate of drug-likeness (QED) is 0.679. The molecule has 0 saturated heterocycles. The van der Waals surface area contributed by atoms with Gasteiger partial charge in [-0.1, -0.05) is 35.7 Å². The molecule has 104 valence electrons. The number of hydrazine groups is 1. The van der Waals surface area contributed by atoms with E-state index in [-0.39, 0.29) is 10.8 Å². The van der Waals surface area contributed by atoms with Crippen molar-refractivity contribution in [3.63, 3.8) is 0 Å².